The number of hydrogen-bond donors (Lipinski definition) is 0. The van der Waals surface area contributed by atoms with Crippen LogP contribution in [-0.4, -0.2) is 0 Å². The smallest absolute Gasteiger partial charge is 0.0712 e. The number of hydrogen-bond acceptors (Lipinski definition) is 0. The lowest BCUT2D eigenvalue weighted by Crippen LogP contribution is -2.31. The van der Waals surface area contributed by atoms with E-state index in [-0.39, 0.29) is 5.41 Å². The minimum atomic E-state index is -0.407. The molecule has 0 aromatic heterocycles. The van der Waals surface area contributed by atoms with Gasteiger partial charge in [-0.1, -0.05) is 113 Å². The molecule has 1 aromatic carbocycles. The van der Waals surface area contributed by atoms with Gasteiger partial charge in [0.05, 0.1) is 5.41 Å². The van der Waals surface area contributed by atoms with E-state index in [1.807, 2.05) is 12.2 Å². The van der Waals surface area contributed by atoms with Crippen LogP contribution in [0.15, 0.2) is 114 Å². The maximum atomic E-state index is 4.23. The molecule has 0 saturated carbocycles. The van der Waals surface area contributed by atoms with Crippen LogP contribution in [0.25, 0.3) is 5.57 Å². The van der Waals surface area contributed by atoms with E-state index in [1.165, 1.54) is 33.4 Å². The molecule has 0 spiro atoms. The van der Waals surface area contributed by atoms with Crippen molar-refractivity contribution in [2.24, 2.45) is 5.41 Å². The third-order valence-electron chi connectivity index (χ3n) is 6.29. The molecule has 0 bridgehead atoms. The molecule has 3 rings (SSSR count). The zero-order valence-electron chi connectivity index (χ0n) is 19.1. The van der Waals surface area contributed by atoms with Gasteiger partial charge in [-0.05, 0) is 59.3 Å². The van der Waals surface area contributed by atoms with E-state index in [4.69, 9.17) is 0 Å². The zero-order valence-corrected chi connectivity index (χ0v) is 19.1. The Labute approximate surface area is 183 Å². The molecule has 0 N–H and O–H groups in total. The van der Waals surface area contributed by atoms with Crippen LogP contribution >= 0.6 is 0 Å². The largest absolute Gasteiger partial charge is 0.0991 e. The monoisotopic (exact) mass is 394 g/mol. The van der Waals surface area contributed by atoms with Gasteiger partial charge in [0.1, 0.15) is 0 Å². The molecular formula is C30H34. The number of fused-ring (bicyclic) bond motifs is 1. The molecule has 0 aliphatic heterocycles. The van der Waals surface area contributed by atoms with Crippen LogP contribution in [0.2, 0.25) is 0 Å². The highest BCUT2D eigenvalue weighted by molar-refractivity contribution is 5.88. The predicted octanol–water partition coefficient (Wildman–Crippen LogP) is 8.44. The second-order valence-electron chi connectivity index (χ2n) is 8.69. The molecule has 30 heavy (non-hydrogen) atoms. The van der Waals surface area contributed by atoms with Gasteiger partial charge in [-0.25, -0.2) is 0 Å². The second-order valence-corrected chi connectivity index (χ2v) is 8.69. The molecule has 2 aliphatic rings. The van der Waals surface area contributed by atoms with Crippen molar-refractivity contribution in [1.29, 1.82) is 0 Å². The minimum Gasteiger partial charge on any atom is -0.0991 e. The first-order chi connectivity index (χ1) is 14.4. The summed E-state index contributed by atoms with van der Waals surface area (Å²) in [5.41, 5.74) is 8.77. The van der Waals surface area contributed by atoms with E-state index in [0.29, 0.717) is 0 Å². The highest BCUT2D eigenvalue weighted by Crippen LogP contribution is 2.57. The van der Waals surface area contributed by atoms with E-state index in [2.05, 4.69) is 115 Å². The fourth-order valence-corrected chi connectivity index (χ4v) is 4.93. The summed E-state index contributed by atoms with van der Waals surface area (Å²) in [7, 11) is 0. The SMILES string of the molecule is C=C/C=C(\C=C)C1(C2=C(C)C=CC(C)(C)C=C2)C(/C=C\C)=C(CC)c2ccccc21. The van der Waals surface area contributed by atoms with Crippen molar-refractivity contribution in [3.8, 4) is 0 Å². The van der Waals surface area contributed by atoms with Crippen LogP contribution in [0.4, 0.5) is 0 Å². The van der Waals surface area contributed by atoms with Gasteiger partial charge in [0.2, 0.25) is 0 Å². The Morgan fingerprint density at radius 2 is 1.77 bits per heavy atom. The molecular weight excluding hydrogens is 360 g/mol. The van der Waals surface area contributed by atoms with Gasteiger partial charge in [-0.15, -0.1) is 0 Å². The molecule has 1 unspecified atom stereocenters. The summed E-state index contributed by atoms with van der Waals surface area (Å²) in [4.78, 5) is 0. The molecule has 0 saturated heterocycles. The van der Waals surface area contributed by atoms with Crippen molar-refractivity contribution in [1.82, 2.24) is 0 Å². The summed E-state index contributed by atoms with van der Waals surface area (Å²) in [6.07, 6.45) is 20.7. The van der Waals surface area contributed by atoms with Gasteiger partial charge >= 0.3 is 0 Å². The third kappa shape index (κ3) is 3.35. The number of allylic oxidation sites excluding steroid dienone is 14. The third-order valence-corrected chi connectivity index (χ3v) is 6.29. The van der Waals surface area contributed by atoms with E-state index in [9.17, 15) is 0 Å². The zero-order chi connectivity index (χ0) is 21.9. The average Bonchev–Trinajstić information content (AvgIpc) is 2.92. The van der Waals surface area contributed by atoms with Crippen LogP contribution < -0.4 is 0 Å². The van der Waals surface area contributed by atoms with Crippen LogP contribution in [0.5, 0.6) is 0 Å². The van der Waals surface area contributed by atoms with E-state index < -0.39 is 5.41 Å². The molecule has 0 heterocycles. The standard InChI is InChI=1S/C30H34/c1-8-14-23(10-3)30(26-19-21-29(6,7)20-18-22(26)5)27(15-9-2)24(11-4)25-16-12-13-17-28(25)30/h8-10,12-21H,1,3,11H2,2,4-7H3/b15-9-,23-14+. The Bertz CT molecular complexity index is 1040. The first kappa shape index (κ1) is 21.8. The maximum Gasteiger partial charge on any atom is 0.0712 e. The molecule has 1 aromatic rings. The van der Waals surface area contributed by atoms with E-state index >= 15 is 0 Å². The quantitative estimate of drug-likeness (QED) is 0.425. The fraction of sp³-hybridized carbons (Fsp3) is 0.267. The topological polar surface area (TPSA) is 0 Å². The van der Waals surface area contributed by atoms with Crippen molar-refractivity contribution < 1.29 is 0 Å². The lowest BCUT2D eigenvalue weighted by Gasteiger charge is -2.37. The maximum absolute atomic E-state index is 4.23. The molecule has 0 fully saturated rings. The van der Waals surface area contributed by atoms with Gasteiger partial charge in [0.25, 0.3) is 0 Å². The van der Waals surface area contributed by atoms with Gasteiger partial charge in [-0.2, -0.15) is 0 Å². The lowest BCUT2D eigenvalue weighted by molar-refractivity contribution is 0.625. The van der Waals surface area contributed by atoms with Gasteiger partial charge in [0, 0.05) is 5.41 Å². The molecule has 1 atom stereocenters. The van der Waals surface area contributed by atoms with E-state index in [1.54, 1.807) is 0 Å². The highest BCUT2D eigenvalue weighted by Gasteiger charge is 2.48. The Morgan fingerprint density at radius 1 is 1.07 bits per heavy atom. The van der Waals surface area contributed by atoms with Gasteiger partial charge in [-0.3, -0.25) is 0 Å². The van der Waals surface area contributed by atoms with Crippen LogP contribution in [-0.2, 0) is 5.41 Å². The summed E-state index contributed by atoms with van der Waals surface area (Å²) in [6.45, 7) is 19.3. The Hall–Kier alpha value is -2.86. The Balaban J connectivity index is 2.56. The van der Waals surface area contributed by atoms with Crippen LogP contribution in [0.3, 0.4) is 0 Å². The average molecular weight is 395 g/mol. The van der Waals surface area contributed by atoms with Crippen molar-refractivity contribution >= 4 is 5.57 Å². The number of benzene rings is 1. The molecule has 0 amide bonds. The normalized spacial score (nSPS) is 23.2. The Morgan fingerprint density at radius 3 is 2.40 bits per heavy atom. The second kappa shape index (κ2) is 8.48. The van der Waals surface area contributed by atoms with Gasteiger partial charge in [0.15, 0.2) is 0 Å². The fourth-order valence-electron chi connectivity index (χ4n) is 4.93. The molecule has 0 nitrogen and oxygen atoms in total. The predicted molar refractivity (Wildman–Crippen MR) is 133 cm³/mol. The molecule has 0 radical (unpaired) electrons. The Kier molecular flexibility index (Phi) is 6.17. The summed E-state index contributed by atoms with van der Waals surface area (Å²) < 4.78 is 0. The van der Waals surface area contributed by atoms with E-state index in [0.717, 1.165) is 12.0 Å². The first-order valence-electron chi connectivity index (χ1n) is 10.9. The summed E-state index contributed by atoms with van der Waals surface area (Å²) in [5.74, 6) is 0. The number of rotatable bonds is 6. The van der Waals surface area contributed by atoms with Crippen molar-refractivity contribution in [2.75, 3.05) is 0 Å². The van der Waals surface area contributed by atoms with Crippen molar-refractivity contribution in [3.05, 3.63) is 126 Å². The highest BCUT2D eigenvalue weighted by atomic mass is 14.5. The minimum absolute atomic E-state index is 0.0108. The summed E-state index contributed by atoms with van der Waals surface area (Å²) in [6, 6.07) is 8.86. The lowest BCUT2D eigenvalue weighted by atomic mass is 9.64. The van der Waals surface area contributed by atoms with Crippen molar-refractivity contribution in [2.45, 2.75) is 46.5 Å². The van der Waals surface area contributed by atoms with Crippen LogP contribution in [0.1, 0.15) is 52.2 Å². The molecule has 2 aliphatic carbocycles. The molecule has 154 valence electrons. The van der Waals surface area contributed by atoms with Gasteiger partial charge < -0.3 is 0 Å². The first-order valence-corrected chi connectivity index (χ1v) is 10.9. The summed E-state index contributed by atoms with van der Waals surface area (Å²) in [5, 5.41) is 0. The molecule has 0 heteroatoms. The van der Waals surface area contributed by atoms with Crippen molar-refractivity contribution in [3.63, 3.8) is 0 Å². The van der Waals surface area contributed by atoms with Crippen LogP contribution in [0, 0.1) is 5.41 Å². The summed E-state index contributed by atoms with van der Waals surface area (Å²) >= 11 is 0.